The molecule has 0 aliphatic carbocycles. The van der Waals surface area contributed by atoms with E-state index in [1.54, 1.807) is 18.2 Å². The molecule has 1 aliphatic rings. The standard InChI is InChI=1S/C14H16N2O4/c1-9-2-3-11(18)6-10(9)7-16(8-17)12-4-5-13(19)15-14(12)20/h2-3,6,8,12,18H,4-5,7H2,1H3,(H,15,19,20). The number of nitrogens with zero attached hydrogens (tertiary/aromatic N) is 1. The van der Waals surface area contributed by atoms with E-state index in [2.05, 4.69) is 5.32 Å². The molecule has 0 radical (unpaired) electrons. The Balaban J connectivity index is 2.16. The zero-order valence-corrected chi connectivity index (χ0v) is 11.1. The minimum Gasteiger partial charge on any atom is -0.508 e. The molecule has 1 fully saturated rings. The highest BCUT2D eigenvalue weighted by Crippen LogP contribution is 2.20. The molecule has 1 unspecified atom stereocenters. The molecule has 6 heteroatoms. The topological polar surface area (TPSA) is 86.7 Å². The second-order valence-corrected chi connectivity index (χ2v) is 4.86. The normalized spacial score (nSPS) is 18.6. The molecular weight excluding hydrogens is 260 g/mol. The molecule has 2 N–H and O–H groups in total. The SMILES string of the molecule is Cc1ccc(O)cc1CN(C=O)C1CCC(=O)NC1=O. The first-order chi connectivity index (χ1) is 9.51. The molecule has 1 heterocycles. The summed E-state index contributed by atoms with van der Waals surface area (Å²) in [7, 11) is 0. The van der Waals surface area contributed by atoms with E-state index in [-0.39, 0.29) is 24.6 Å². The average Bonchev–Trinajstić information content (AvgIpc) is 2.40. The van der Waals surface area contributed by atoms with Gasteiger partial charge >= 0.3 is 0 Å². The molecule has 106 valence electrons. The van der Waals surface area contributed by atoms with Gasteiger partial charge in [-0.25, -0.2) is 0 Å². The average molecular weight is 276 g/mol. The van der Waals surface area contributed by atoms with E-state index in [9.17, 15) is 19.5 Å². The predicted octanol–water partition coefficient (Wildman–Crippen LogP) is 0.464. The lowest BCUT2D eigenvalue weighted by Gasteiger charge is -2.30. The van der Waals surface area contributed by atoms with Crippen LogP contribution in [0.1, 0.15) is 24.0 Å². The van der Waals surface area contributed by atoms with Crippen molar-refractivity contribution in [3.8, 4) is 5.75 Å². The first-order valence-corrected chi connectivity index (χ1v) is 6.34. The quantitative estimate of drug-likeness (QED) is 0.618. The van der Waals surface area contributed by atoms with Crippen molar-refractivity contribution in [1.82, 2.24) is 10.2 Å². The molecular formula is C14H16N2O4. The molecule has 1 aromatic rings. The van der Waals surface area contributed by atoms with Crippen LogP contribution in [0, 0.1) is 6.92 Å². The lowest BCUT2D eigenvalue weighted by atomic mass is 10.0. The molecule has 6 nitrogen and oxygen atoms in total. The van der Waals surface area contributed by atoms with Crippen LogP contribution in [-0.4, -0.2) is 34.3 Å². The lowest BCUT2D eigenvalue weighted by Crippen LogP contribution is -2.51. The lowest BCUT2D eigenvalue weighted by molar-refractivity contribution is -0.141. The van der Waals surface area contributed by atoms with E-state index in [1.165, 1.54) is 4.90 Å². The molecule has 1 atom stereocenters. The van der Waals surface area contributed by atoms with Crippen LogP contribution in [0.25, 0.3) is 0 Å². The van der Waals surface area contributed by atoms with Crippen molar-refractivity contribution in [3.63, 3.8) is 0 Å². The number of rotatable bonds is 4. The molecule has 20 heavy (non-hydrogen) atoms. The fourth-order valence-electron chi connectivity index (χ4n) is 2.24. The maximum Gasteiger partial charge on any atom is 0.249 e. The van der Waals surface area contributed by atoms with E-state index in [0.717, 1.165) is 11.1 Å². The summed E-state index contributed by atoms with van der Waals surface area (Å²) in [5, 5.41) is 11.7. The molecule has 0 spiro atoms. The summed E-state index contributed by atoms with van der Waals surface area (Å²) in [6.07, 6.45) is 1.14. The van der Waals surface area contributed by atoms with Crippen molar-refractivity contribution in [2.45, 2.75) is 32.4 Å². The van der Waals surface area contributed by atoms with Crippen LogP contribution >= 0.6 is 0 Å². The monoisotopic (exact) mass is 276 g/mol. The van der Waals surface area contributed by atoms with Gasteiger partial charge in [0.05, 0.1) is 0 Å². The zero-order chi connectivity index (χ0) is 14.7. The van der Waals surface area contributed by atoms with Crippen LogP contribution in [0.15, 0.2) is 18.2 Å². The Morgan fingerprint density at radius 2 is 2.20 bits per heavy atom. The highest BCUT2D eigenvalue weighted by molar-refractivity contribution is 6.00. The summed E-state index contributed by atoms with van der Waals surface area (Å²) in [5.74, 6) is -0.656. The number of phenolic OH excluding ortho intramolecular Hbond substituents is 1. The number of phenols is 1. The van der Waals surface area contributed by atoms with Gasteiger partial charge in [-0.05, 0) is 36.6 Å². The largest absolute Gasteiger partial charge is 0.508 e. The molecule has 1 aliphatic heterocycles. The fraction of sp³-hybridized carbons (Fsp3) is 0.357. The van der Waals surface area contributed by atoms with Gasteiger partial charge in [-0.2, -0.15) is 0 Å². The van der Waals surface area contributed by atoms with Gasteiger partial charge < -0.3 is 10.0 Å². The maximum absolute atomic E-state index is 11.8. The number of benzene rings is 1. The van der Waals surface area contributed by atoms with Crippen LogP contribution in [-0.2, 0) is 20.9 Å². The fourth-order valence-corrected chi connectivity index (χ4v) is 2.24. The van der Waals surface area contributed by atoms with Crippen molar-refractivity contribution in [2.75, 3.05) is 0 Å². The summed E-state index contributed by atoms with van der Waals surface area (Å²) in [6, 6.07) is 4.23. The second kappa shape index (κ2) is 5.73. The number of aromatic hydroxyl groups is 1. The van der Waals surface area contributed by atoms with Gasteiger partial charge in [0.2, 0.25) is 18.2 Å². The summed E-state index contributed by atoms with van der Waals surface area (Å²) in [4.78, 5) is 35.5. The number of nitrogens with one attached hydrogen (secondary N) is 1. The third-order valence-corrected chi connectivity index (χ3v) is 3.43. The van der Waals surface area contributed by atoms with Crippen molar-refractivity contribution in [3.05, 3.63) is 29.3 Å². The van der Waals surface area contributed by atoms with E-state index >= 15 is 0 Å². The smallest absolute Gasteiger partial charge is 0.249 e. The van der Waals surface area contributed by atoms with Crippen LogP contribution in [0.2, 0.25) is 0 Å². The maximum atomic E-state index is 11.8. The van der Waals surface area contributed by atoms with Gasteiger partial charge in [0.25, 0.3) is 0 Å². The summed E-state index contributed by atoms with van der Waals surface area (Å²) >= 11 is 0. The van der Waals surface area contributed by atoms with Crippen molar-refractivity contribution in [1.29, 1.82) is 0 Å². The van der Waals surface area contributed by atoms with Crippen LogP contribution in [0.5, 0.6) is 5.75 Å². The number of hydrogen-bond donors (Lipinski definition) is 2. The predicted molar refractivity (Wildman–Crippen MR) is 70.6 cm³/mol. The van der Waals surface area contributed by atoms with Gasteiger partial charge in [-0.1, -0.05) is 6.07 Å². The molecule has 2 rings (SSSR count). The van der Waals surface area contributed by atoms with E-state index in [1.807, 2.05) is 6.92 Å². The second-order valence-electron chi connectivity index (χ2n) is 4.86. The number of carbonyl (C=O) groups excluding carboxylic acids is 3. The zero-order valence-electron chi connectivity index (χ0n) is 11.1. The number of carbonyl (C=O) groups is 3. The van der Waals surface area contributed by atoms with Gasteiger partial charge in [0, 0.05) is 13.0 Å². The van der Waals surface area contributed by atoms with Gasteiger partial charge in [-0.3, -0.25) is 19.7 Å². The van der Waals surface area contributed by atoms with Crippen LogP contribution in [0.3, 0.4) is 0 Å². The number of piperidine rings is 1. The summed E-state index contributed by atoms with van der Waals surface area (Å²) in [6.45, 7) is 2.08. The van der Waals surface area contributed by atoms with E-state index < -0.39 is 11.9 Å². The number of aryl methyl sites for hydroxylation is 1. The Morgan fingerprint density at radius 3 is 2.85 bits per heavy atom. The summed E-state index contributed by atoms with van der Waals surface area (Å²) in [5.41, 5.74) is 1.68. The van der Waals surface area contributed by atoms with E-state index in [4.69, 9.17) is 0 Å². The highest BCUT2D eigenvalue weighted by atomic mass is 16.3. The minimum atomic E-state index is -0.646. The molecule has 3 amide bonds. The van der Waals surface area contributed by atoms with Gasteiger partial charge in [0.15, 0.2) is 0 Å². The molecule has 0 bridgehead atoms. The summed E-state index contributed by atoms with van der Waals surface area (Å²) < 4.78 is 0. The highest BCUT2D eigenvalue weighted by Gasteiger charge is 2.31. The Kier molecular flexibility index (Phi) is 4.02. The van der Waals surface area contributed by atoms with Gasteiger partial charge in [0.1, 0.15) is 11.8 Å². The van der Waals surface area contributed by atoms with Crippen molar-refractivity contribution in [2.24, 2.45) is 0 Å². The third-order valence-electron chi connectivity index (χ3n) is 3.43. The number of hydrogen-bond acceptors (Lipinski definition) is 4. The first kappa shape index (κ1) is 14.0. The number of amides is 3. The van der Waals surface area contributed by atoms with Gasteiger partial charge in [-0.15, -0.1) is 0 Å². The molecule has 1 aromatic carbocycles. The van der Waals surface area contributed by atoms with Crippen molar-refractivity contribution >= 4 is 18.2 Å². The van der Waals surface area contributed by atoms with Crippen molar-refractivity contribution < 1.29 is 19.5 Å². The van der Waals surface area contributed by atoms with Crippen LogP contribution in [0.4, 0.5) is 0 Å². The number of imide groups is 1. The first-order valence-electron chi connectivity index (χ1n) is 6.34. The third kappa shape index (κ3) is 2.96. The molecule has 0 saturated carbocycles. The Bertz CT molecular complexity index is 556. The molecule has 1 saturated heterocycles. The molecule has 0 aromatic heterocycles. The Labute approximate surface area is 116 Å². The Hall–Kier alpha value is -2.37. The minimum absolute atomic E-state index is 0.111. The Morgan fingerprint density at radius 1 is 1.45 bits per heavy atom. The van der Waals surface area contributed by atoms with Crippen LogP contribution < -0.4 is 5.32 Å². The van der Waals surface area contributed by atoms with E-state index in [0.29, 0.717) is 12.8 Å².